The number of hydrogen-bond donors (Lipinski definition) is 4. The first-order valence-corrected chi connectivity index (χ1v) is 10.9. The fourth-order valence-electron chi connectivity index (χ4n) is 3.61. The largest absolute Gasteiger partial charge is 0.493 e. The van der Waals surface area contributed by atoms with Crippen LogP contribution >= 0.6 is 0 Å². The van der Waals surface area contributed by atoms with Crippen LogP contribution in [0.5, 0.6) is 17.2 Å². The average Bonchev–Trinajstić information content (AvgIpc) is 3.28. The summed E-state index contributed by atoms with van der Waals surface area (Å²) in [6, 6.07) is 12.5. The molecule has 0 saturated heterocycles. The van der Waals surface area contributed by atoms with Crippen molar-refractivity contribution in [1.82, 2.24) is 25.0 Å². The van der Waals surface area contributed by atoms with Gasteiger partial charge in [0.2, 0.25) is 0 Å². The molecule has 0 spiro atoms. The van der Waals surface area contributed by atoms with Gasteiger partial charge in [-0.1, -0.05) is 6.07 Å². The molecule has 13 heteroatoms. The van der Waals surface area contributed by atoms with Crippen LogP contribution in [-0.4, -0.2) is 51.0 Å². The van der Waals surface area contributed by atoms with E-state index in [9.17, 15) is 9.59 Å². The molecule has 0 amide bonds. The third-order valence-corrected chi connectivity index (χ3v) is 5.26. The molecule has 5 N–H and O–H groups in total. The summed E-state index contributed by atoms with van der Waals surface area (Å²) in [6.07, 6.45) is 1.49. The van der Waals surface area contributed by atoms with Crippen LogP contribution in [0.3, 0.4) is 0 Å². The SMILES string of the molecule is COc1ccc([C@H](Nc2ccc(C(=N)N)c(OC(C)=O)c2)c2nn(-c3cccnn3)c(=O)[nH]2)cc1OC. The van der Waals surface area contributed by atoms with Crippen LogP contribution in [0.2, 0.25) is 0 Å². The molecule has 2 aromatic heterocycles. The van der Waals surface area contributed by atoms with Crippen molar-refractivity contribution >= 4 is 17.5 Å². The molecule has 0 bridgehead atoms. The van der Waals surface area contributed by atoms with E-state index in [1.54, 1.807) is 42.5 Å². The van der Waals surface area contributed by atoms with Gasteiger partial charge in [-0.2, -0.15) is 9.78 Å². The molecule has 0 unspecified atom stereocenters. The van der Waals surface area contributed by atoms with Crippen LogP contribution in [0, 0.1) is 5.41 Å². The van der Waals surface area contributed by atoms with Gasteiger partial charge in [-0.05, 0) is 42.0 Å². The Bertz CT molecular complexity index is 1500. The molecule has 13 nitrogen and oxygen atoms in total. The van der Waals surface area contributed by atoms with Crippen molar-refractivity contribution in [3.63, 3.8) is 0 Å². The second kappa shape index (κ2) is 10.6. The van der Waals surface area contributed by atoms with Crippen molar-refractivity contribution in [3.8, 4) is 23.1 Å². The number of nitrogens with one attached hydrogen (secondary N) is 3. The zero-order valence-corrected chi connectivity index (χ0v) is 20.2. The molecule has 0 saturated carbocycles. The maximum Gasteiger partial charge on any atom is 0.349 e. The summed E-state index contributed by atoms with van der Waals surface area (Å²) in [5, 5.41) is 23.2. The third-order valence-electron chi connectivity index (χ3n) is 5.26. The van der Waals surface area contributed by atoms with Gasteiger partial charge < -0.3 is 25.3 Å². The highest BCUT2D eigenvalue weighted by Gasteiger charge is 2.23. The molecule has 2 heterocycles. The van der Waals surface area contributed by atoms with Crippen LogP contribution < -0.4 is 31.0 Å². The van der Waals surface area contributed by atoms with E-state index in [4.69, 9.17) is 25.4 Å². The minimum atomic E-state index is -0.709. The van der Waals surface area contributed by atoms with Crippen LogP contribution in [-0.2, 0) is 4.79 Å². The summed E-state index contributed by atoms with van der Waals surface area (Å²) >= 11 is 0. The van der Waals surface area contributed by atoms with Gasteiger partial charge in [0.15, 0.2) is 23.1 Å². The number of ether oxygens (including phenoxy) is 3. The van der Waals surface area contributed by atoms with E-state index in [1.807, 2.05) is 0 Å². The Morgan fingerprint density at radius 1 is 1.11 bits per heavy atom. The van der Waals surface area contributed by atoms with E-state index < -0.39 is 17.7 Å². The average molecular weight is 505 g/mol. The van der Waals surface area contributed by atoms with E-state index in [0.29, 0.717) is 22.7 Å². The normalized spacial score (nSPS) is 11.4. The van der Waals surface area contributed by atoms with Gasteiger partial charge in [0.25, 0.3) is 0 Å². The first-order valence-electron chi connectivity index (χ1n) is 10.9. The van der Waals surface area contributed by atoms with Crippen molar-refractivity contribution in [2.45, 2.75) is 13.0 Å². The quantitative estimate of drug-likeness (QED) is 0.113. The van der Waals surface area contributed by atoms with E-state index in [-0.39, 0.29) is 28.8 Å². The van der Waals surface area contributed by atoms with Crippen LogP contribution in [0.15, 0.2) is 59.5 Å². The number of aromatic nitrogens is 5. The summed E-state index contributed by atoms with van der Waals surface area (Å²) in [4.78, 5) is 27.1. The Morgan fingerprint density at radius 3 is 2.54 bits per heavy atom. The lowest BCUT2D eigenvalue weighted by Crippen LogP contribution is -2.17. The van der Waals surface area contributed by atoms with Crippen molar-refractivity contribution < 1.29 is 19.0 Å². The summed E-state index contributed by atoms with van der Waals surface area (Å²) < 4.78 is 17.2. The van der Waals surface area contributed by atoms with Gasteiger partial charge in [0, 0.05) is 24.9 Å². The number of nitrogens with two attached hydrogens (primary N) is 1. The maximum absolute atomic E-state index is 12.8. The number of nitrogen functional groups attached to an aromatic ring is 1. The van der Waals surface area contributed by atoms with Gasteiger partial charge in [0.05, 0.1) is 19.8 Å². The summed E-state index contributed by atoms with van der Waals surface area (Å²) in [6.45, 7) is 1.25. The maximum atomic E-state index is 12.8. The van der Waals surface area contributed by atoms with Gasteiger partial charge >= 0.3 is 11.7 Å². The van der Waals surface area contributed by atoms with Crippen LogP contribution in [0.4, 0.5) is 5.69 Å². The smallest absolute Gasteiger partial charge is 0.349 e. The van der Waals surface area contributed by atoms with Gasteiger partial charge in [-0.15, -0.1) is 10.2 Å². The van der Waals surface area contributed by atoms with Gasteiger partial charge in [-0.25, -0.2) is 4.79 Å². The third kappa shape index (κ3) is 5.40. The second-order valence-corrected chi connectivity index (χ2v) is 7.72. The fourth-order valence-corrected chi connectivity index (χ4v) is 3.61. The molecular weight excluding hydrogens is 480 g/mol. The number of esters is 1. The Balaban J connectivity index is 1.82. The predicted octanol–water partition coefficient (Wildman–Crippen LogP) is 1.78. The highest BCUT2D eigenvalue weighted by molar-refractivity contribution is 5.98. The topological polar surface area (TPSA) is 183 Å². The predicted molar refractivity (Wildman–Crippen MR) is 134 cm³/mol. The highest BCUT2D eigenvalue weighted by atomic mass is 16.5. The number of rotatable bonds is 9. The molecule has 190 valence electrons. The molecule has 0 fully saturated rings. The minimum absolute atomic E-state index is 0.106. The number of carbonyl (C=O) groups excluding carboxylic acids is 1. The van der Waals surface area contributed by atoms with Crippen LogP contribution in [0.25, 0.3) is 5.82 Å². The number of H-pyrrole nitrogens is 1. The molecule has 0 radical (unpaired) electrons. The zero-order chi connectivity index (χ0) is 26.5. The standard InChI is InChI=1S/C24H24N8O5/c1-13(33)37-18-12-15(7-8-16(18)22(25)26)28-21(14-6-9-17(35-2)19(11-14)36-3)23-29-24(34)32(31-23)20-5-4-10-27-30-20/h4-12,21,28H,1-3H3,(H3,25,26)(H,29,31,34)/t21-/m0/s1. The number of aromatic amines is 1. The van der Waals surface area contributed by atoms with E-state index >= 15 is 0 Å². The number of nitrogens with zero attached hydrogens (tertiary/aromatic N) is 4. The van der Waals surface area contributed by atoms with Crippen molar-refractivity contribution in [1.29, 1.82) is 5.41 Å². The van der Waals surface area contributed by atoms with Crippen LogP contribution in [0.1, 0.15) is 29.9 Å². The zero-order valence-electron chi connectivity index (χ0n) is 20.2. The monoisotopic (exact) mass is 504 g/mol. The first-order chi connectivity index (χ1) is 17.8. The Labute approximate surface area is 210 Å². The summed E-state index contributed by atoms with van der Waals surface area (Å²) in [5.41, 5.74) is 6.54. The van der Waals surface area contributed by atoms with Gasteiger partial charge in [0.1, 0.15) is 17.6 Å². The lowest BCUT2D eigenvalue weighted by atomic mass is 10.0. The lowest BCUT2D eigenvalue weighted by molar-refractivity contribution is -0.131. The number of carbonyl (C=O) groups is 1. The highest BCUT2D eigenvalue weighted by Crippen LogP contribution is 2.34. The van der Waals surface area contributed by atoms with E-state index in [0.717, 1.165) is 4.68 Å². The number of benzene rings is 2. The number of methoxy groups -OCH3 is 2. The van der Waals surface area contributed by atoms with Gasteiger partial charge in [-0.3, -0.25) is 15.2 Å². The molecule has 1 atom stereocenters. The van der Waals surface area contributed by atoms with Crippen molar-refractivity contribution in [2.75, 3.05) is 19.5 Å². The van der Waals surface area contributed by atoms with Crippen molar-refractivity contribution in [2.24, 2.45) is 5.73 Å². The lowest BCUT2D eigenvalue weighted by Gasteiger charge is -2.20. The molecule has 0 aliphatic carbocycles. The van der Waals surface area contributed by atoms with Crippen molar-refractivity contribution in [3.05, 3.63) is 82.2 Å². The van der Waals surface area contributed by atoms with E-state index in [1.165, 1.54) is 33.4 Å². The first kappa shape index (κ1) is 24.9. The van der Waals surface area contributed by atoms with E-state index in [2.05, 4.69) is 25.6 Å². The molecule has 4 aromatic rings. The molecule has 37 heavy (non-hydrogen) atoms. The summed E-state index contributed by atoms with van der Waals surface area (Å²) in [5.74, 6) is 0.766. The second-order valence-electron chi connectivity index (χ2n) is 7.72. The molecule has 0 aliphatic rings. The summed E-state index contributed by atoms with van der Waals surface area (Å²) in [7, 11) is 3.04. The fraction of sp³-hybridized carbons (Fsp3) is 0.167. The molecule has 4 rings (SSSR count). The molecule has 2 aromatic carbocycles. The minimum Gasteiger partial charge on any atom is -0.493 e. The molecular formula is C24H24N8O5. The number of hydrogen-bond acceptors (Lipinski definition) is 10. The Morgan fingerprint density at radius 2 is 1.89 bits per heavy atom. The Kier molecular flexibility index (Phi) is 7.14. The Hall–Kier alpha value is -5.20. The molecule has 0 aliphatic heterocycles. The number of amidine groups is 1. The number of anilines is 1.